The van der Waals surface area contributed by atoms with Gasteiger partial charge < -0.3 is 4.57 Å². The molecule has 0 bridgehead atoms. The van der Waals surface area contributed by atoms with Crippen molar-refractivity contribution in [1.29, 1.82) is 5.26 Å². The molecule has 76 valence electrons. The first-order valence-electron chi connectivity index (χ1n) is 5.34. The number of benzene rings is 1. The largest absolute Gasteiger partial charge is 0.347 e. The van der Waals surface area contributed by atoms with Crippen LogP contribution in [0.1, 0.15) is 25.3 Å². The lowest BCUT2D eigenvalue weighted by Crippen LogP contribution is -1.94. The maximum Gasteiger partial charge on any atom is 0.0991 e. The first kappa shape index (κ1) is 9.79. The van der Waals surface area contributed by atoms with Crippen LogP contribution in [0.25, 0.3) is 10.9 Å². The van der Waals surface area contributed by atoms with Crippen LogP contribution >= 0.6 is 0 Å². The summed E-state index contributed by atoms with van der Waals surface area (Å²) in [5, 5.41) is 9.95. The average molecular weight is 198 g/mol. The molecule has 0 aliphatic carbocycles. The van der Waals surface area contributed by atoms with E-state index in [0.29, 0.717) is 0 Å². The van der Waals surface area contributed by atoms with Gasteiger partial charge in [0.1, 0.15) is 0 Å². The van der Waals surface area contributed by atoms with Crippen molar-refractivity contribution in [3.63, 3.8) is 0 Å². The minimum Gasteiger partial charge on any atom is -0.347 e. The summed E-state index contributed by atoms with van der Waals surface area (Å²) in [5.41, 5.74) is 1.96. The smallest absolute Gasteiger partial charge is 0.0991 e. The zero-order valence-corrected chi connectivity index (χ0v) is 8.90. The molecule has 0 amide bonds. The van der Waals surface area contributed by atoms with Crippen LogP contribution in [0.3, 0.4) is 0 Å². The minimum absolute atomic E-state index is 0.732. The van der Waals surface area contributed by atoms with E-state index >= 15 is 0 Å². The van der Waals surface area contributed by atoms with Crippen LogP contribution in [0.15, 0.2) is 30.5 Å². The van der Waals surface area contributed by atoms with E-state index in [9.17, 15) is 0 Å². The minimum atomic E-state index is 0.732. The Balaban J connectivity index is 2.39. The van der Waals surface area contributed by atoms with E-state index in [-0.39, 0.29) is 0 Å². The third kappa shape index (κ3) is 1.87. The molecule has 0 atom stereocenters. The Morgan fingerprint density at radius 1 is 1.33 bits per heavy atom. The molecule has 0 aliphatic rings. The standard InChI is InChI=1S/C13H14N2/c1-2-3-7-15-8-6-12-9-11(10-14)4-5-13(12)15/h4-6,8-9H,2-3,7H2,1H3. The number of rotatable bonds is 3. The van der Waals surface area contributed by atoms with E-state index in [1.54, 1.807) is 0 Å². The molecule has 1 heterocycles. The number of nitrogens with zero attached hydrogens (tertiary/aromatic N) is 2. The molecular formula is C13H14N2. The molecule has 2 heteroatoms. The molecule has 1 aromatic heterocycles. The van der Waals surface area contributed by atoms with Gasteiger partial charge in [0.15, 0.2) is 0 Å². The molecule has 0 aliphatic heterocycles. The zero-order valence-electron chi connectivity index (χ0n) is 8.90. The summed E-state index contributed by atoms with van der Waals surface area (Å²) in [4.78, 5) is 0. The molecule has 2 nitrogen and oxygen atoms in total. The Morgan fingerprint density at radius 3 is 2.93 bits per heavy atom. The number of unbranched alkanes of at least 4 members (excludes halogenated alkanes) is 1. The van der Waals surface area contributed by atoms with Crippen LogP contribution in [0.5, 0.6) is 0 Å². The lowest BCUT2D eigenvalue weighted by Gasteiger charge is -2.03. The van der Waals surface area contributed by atoms with Gasteiger partial charge in [0.2, 0.25) is 0 Å². The SMILES string of the molecule is CCCCn1ccc2cc(C#N)ccc21. The highest BCUT2D eigenvalue weighted by Crippen LogP contribution is 2.17. The summed E-state index contributed by atoms with van der Waals surface area (Å²) in [7, 11) is 0. The maximum absolute atomic E-state index is 8.79. The maximum atomic E-state index is 8.79. The molecule has 2 aromatic rings. The summed E-state index contributed by atoms with van der Waals surface area (Å²) >= 11 is 0. The van der Waals surface area contributed by atoms with E-state index in [1.807, 2.05) is 18.2 Å². The Kier molecular flexibility index (Phi) is 2.73. The summed E-state index contributed by atoms with van der Waals surface area (Å²) in [6.07, 6.45) is 4.50. The summed E-state index contributed by atoms with van der Waals surface area (Å²) < 4.78 is 2.25. The zero-order chi connectivity index (χ0) is 10.7. The van der Waals surface area contributed by atoms with Crippen molar-refractivity contribution in [1.82, 2.24) is 4.57 Å². The van der Waals surface area contributed by atoms with Crippen LogP contribution in [0, 0.1) is 11.3 Å². The average Bonchev–Trinajstić information content (AvgIpc) is 2.68. The van der Waals surface area contributed by atoms with Crippen molar-refractivity contribution in [3.05, 3.63) is 36.0 Å². The predicted molar refractivity (Wildman–Crippen MR) is 61.6 cm³/mol. The Bertz CT molecular complexity index is 503. The third-order valence-electron chi connectivity index (χ3n) is 2.65. The lowest BCUT2D eigenvalue weighted by molar-refractivity contribution is 0.650. The number of aryl methyl sites for hydroxylation is 1. The van der Waals surface area contributed by atoms with Gasteiger partial charge in [-0.2, -0.15) is 5.26 Å². The van der Waals surface area contributed by atoms with Gasteiger partial charge in [-0.05, 0) is 30.7 Å². The van der Waals surface area contributed by atoms with Crippen molar-refractivity contribution in [2.45, 2.75) is 26.3 Å². The predicted octanol–water partition coefficient (Wildman–Crippen LogP) is 3.31. The van der Waals surface area contributed by atoms with Crippen molar-refractivity contribution in [2.75, 3.05) is 0 Å². The van der Waals surface area contributed by atoms with Gasteiger partial charge in [-0.15, -0.1) is 0 Å². The quantitative estimate of drug-likeness (QED) is 0.743. The van der Waals surface area contributed by atoms with Gasteiger partial charge >= 0.3 is 0 Å². The van der Waals surface area contributed by atoms with Crippen LogP contribution in [-0.2, 0) is 6.54 Å². The molecule has 0 fully saturated rings. The van der Waals surface area contributed by atoms with Crippen LogP contribution in [-0.4, -0.2) is 4.57 Å². The van der Waals surface area contributed by atoms with E-state index in [2.05, 4.69) is 29.8 Å². The fourth-order valence-corrected chi connectivity index (χ4v) is 1.79. The van der Waals surface area contributed by atoms with Gasteiger partial charge in [0.05, 0.1) is 11.6 Å². The van der Waals surface area contributed by atoms with Crippen molar-refractivity contribution in [3.8, 4) is 6.07 Å². The van der Waals surface area contributed by atoms with Gasteiger partial charge in [0.25, 0.3) is 0 Å². The monoisotopic (exact) mass is 198 g/mol. The second kappa shape index (κ2) is 4.18. The lowest BCUT2D eigenvalue weighted by atomic mass is 10.2. The highest BCUT2D eigenvalue weighted by molar-refractivity contribution is 5.81. The summed E-state index contributed by atoms with van der Waals surface area (Å²) in [5.74, 6) is 0. The first-order valence-corrected chi connectivity index (χ1v) is 5.34. The van der Waals surface area contributed by atoms with Crippen LogP contribution < -0.4 is 0 Å². The normalized spacial score (nSPS) is 10.4. The summed E-state index contributed by atoms with van der Waals surface area (Å²) in [6.45, 7) is 3.26. The number of aromatic nitrogens is 1. The van der Waals surface area contributed by atoms with E-state index in [4.69, 9.17) is 5.26 Å². The van der Waals surface area contributed by atoms with Crippen LogP contribution in [0.4, 0.5) is 0 Å². The van der Waals surface area contributed by atoms with Crippen molar-refractivity contribution in [2.24, 2.45) is 0 Å². The second-order valence-electron chi connectivity index (χ2n) is 3.75. The number of nitriles is 1. The van der Waals surface area contributed by atoms with Gasteiger partial charge in [0, 0.05) is 23.6 Å². The molecule has 0 radical (unpaired) electrons. The Hall–Kier alpha value is -1.75. The number of fused-ring (bicyclic) bond motifs is 1. The fourth-order valence-electron chi connectivity index (χ4n) is 1.79. The molecule has 2 rings (SSSR count). The van der Waals surface area contributed by atoms with E-state index in [1.165, 1.54) is 18.4 Å². The second-order valence-corrected chi connectivity index (χ2v) is 3.75. The molecule has 0 spiro atoms. The molecule has 0 saturated heterocycles. The Morgan fingerprint density at radius 2 is 2.20 bits per heavy atom. The van der Waals surface area contributed by atoms with E-state index < -0.39 is 0 Å². The van der Waals surface area contributed by atoms with Gasteiger partial charge in [-0.3, -0.25) is 0 Å². The van der Waals surface area contributed by atoms with Crippen LogP contribution in [0.2, 0.25) is 0 Å². The Labute approximate surface area is 89.7 Å². The number of hydrogen-bond acceptors (Lipinski definition) is 1. The van der Waals surface area contributed by atoms with Crippen molar-refractivity contribution >= 4 is 10.9 Å². The van der Waals surface area contributed by atoms with Crippen molar-refractivity contribution < 1.29 is 0 Å². The van der Waals surface area contributed by atoms with E-state index in [0.717, 1.165) is 17.5 Å². The molecule has 15 heavy (non-hydrogen) atoms. The third-order valence-corrected chi connectivity index (χ3v) is 2.65. The molecule has 0 N–H and O–H groups in total. The molecular weight excluding hydrogens is 184 g/mol. The highest BCUT2D eigenvalue weighted by Gasteiger charge is 2.01. The highest BCUT2D eigenvalue weighted by atomic mass is 14.9. The fraction of sp³-hybridized carbons (Fsp3) is 0.308. The molecule has 0 unspecified atom stereocenters. The number of hydrogen-bond donors (Lipinski definition) is 0. The summed E-state index contributed by atoms with van der Waals surface area (Å²) in [6, 6.07) is 10.1. The molecule has 1 aromatic carbocycles. The van der Waals surface area contributed by atoms with Gasteiger partial charge in [-0.1, -0.05) is 13.3 Å². The molecule has 0 saturated carbocycles. The first-order chi connectivity index (χ1) is 7.35. The van der Waals surface area contributed by atoms with Gasteiger partial charge in [-0.25, -0.2) is 0 Å². The topological polar surface area (TPSA) is 28.7 Å².